The average Bonchev–Trinajstić information content (AvgIpc) is 2.30. The minimum Gasteiger partial charge on any atom is -0.457 e. The maximum Gasteiger partial charge on any atom is 0.141 e. The summed E-state index contributed by atoms with van der Waals surface area (Å²) in [4.78, 5) is 8.93. The van der Waals surface area contributed by atoms with Gasteiger partial charge >= 0.3 is 0 Å². The van der Waals surface area contributed by atoms with Crippen molar-refractivity contribution in [2.75, 3.05) is 16.5 Å². The molecule has 72 heavy (non-hydrogen) atoms. The first-order valence-electron chi connectivity index (χ1n) is 29.3. The lowest BCUT2D eigenvalue weighted by molar-refractivity contribution is 0.432. The topological polar surface area (TPSA) is 42.8 Å². The van der Waals surface area contributed by atoms with Gasteiger partial charge in [0, 0.05) is 63.1 Å². The summed E-state index contributed by atoms with van der Waals surface area (Å²) in [5.74, 6) is 3.28. The van der Waals surface area contributed by atoms with Crippen molar-refractivity contribution in [2.45, 2.75) is 78.6 Å². The van der Waals surface area contributed by atoms with Crippen molar-refractivity contribution in [3.8, 4) is 51.1 Å². The number of benzene rings is 8. The molecule has 10 aromatic rings. The summed E-state index contributed by atoms with van der Waals surface area (Å²) in [6.07, 6.45) is 1.79. The molecule has 3 heterocycles. The lowest BCUT2D eigenvalue weighted by Gasteiger charge is -2.29. The van der Waals surface area contributed by atoms with Crippen molar-refractivity contribution in [3.05, 3.63) is 217 Å². The molecule has 0 atom stereocenters. The van der Waals surface area contributed by atoms with E-state index < -0.39 is 60.4 Å². The number of para-hydroxylation sites is 4. The fraction of sp³-hybridized carbons (Fsp3) is 0.197. The van der Waals surface area contributed by atoms with Gasteiger partial charge in [0.15, 0.2) is 0 Å². The molecule has 0 spiro atoms. The summed E-state index contributed by atoms with van der Waals surface area (Å²) >= 11 is 0. The van der Waals surface area contributed by atoms with Crippen LogP contribution in [0.3, 0.4) is 0 Å². The molecule has 358 valence electrons. The van der Waals surface area contributed by atoms with Crippen molar-refractivity contribution >= 4 is 44.6 Å². The molecule has 0 radical (unpaired) electrons. The lowest BCUT2D eigenvalue weighted by atomic mass is 9.79. The van der Waals surface area contributed by atoms with E-state index in [1.807, 2.05) is 82.6 Å². The van der Waals surface area contributed by atoms with E-state index >= 15 is 0 Å². The number of hydrogen-bond donors (Lipinski definition) is 0. The third kappa shape index (κ3) is 8.65. The van der Waals surface area contributed by atoms with E-state index in [4.69, 9.17) is 28.2 Å². The third-order valence-corrected chi connectivity index (χ3v) is 13.4. The van der Waals surface area contributed by atoms with Crippen LogP contribution >= 0.6 is 0 Å². The van der Waals surface area contributed by atoms with E-state index in [1.54, 1.807) is 24.4 Å². The Morgan fingerprint density at radius 1 is 0.486 bits per heavy atom. The van der Waals surface area contributed by atoms with Gasteiger partial charge in [-0.25, -0.2) is 4.98 Å². The minimum absolute atomic E-state index is 0.0967. The molecule has 0 saturated carbocycles. The Bertz CT molecular complexity index is 4070. The van der Waals surface area contributed by atoms with Gasteiger partial charge in [-0.05, 0) is 87.5 Å². The standard InChI is InChI=1S/C66H62N4O2/c1-64(2,3)46-33-36-57-54(39-46)53-35-34-49(41-60(53)70(57)61-42-50(37-38-67-61)72-63-55(65(4,5)6)29-20-30-56(63)66(7,8)9)71-48-26-18-25-47(40-48)68-43-69(59-32-17-16-31-58(59)68)62-51(44-21-12-10-13-22-44)27-19-28-52(62)45-23-14-11-15-24-45/h10-42H,43H2,1-9H3/i10D,11D,12D,13D,14D,15D,21D,22D,23D,24D. The second-order valence-corrected chi connectivity index (χ2v) is 21.4. The average molecular weight is 953 g/mol. The normalized spacial score (nSPS) is 14.9. The highest BCUT2D eigenvalue weighted by molar-refractivity contribution is 6.10. The van der Waals surface area contributed by atoms with Crippen LogP contribution in [0.15, 0.2) is 200 Å². The number of nitrogens with zero attached hydrogens (tertiary/aromatic N) is 4. The van der Waals surface area contributed by atoms with Crippen LogP contribution in [0, 0.1) is 0 Å². The number of fused-ring (bicyclic) bond motifs is 4. The Hall–Kier alpha value is -8.09. The first-order chi connectivity index (χ1) is 38.7. The Labute approximate surface area is 438 Å². The van der Waals surface area contributed by atoms with E-state index in [-0.39, 0.29) is 50.9 Å². The smallest absolute Gasteiger partial charge is 0.141 e. The van der Waals surface area contributed by atoms with Gasteiger partial charge < -0.3 is 19.3 Å². The van der Waals surface area contributed by atoms with Crippen LogP contribution in [0.4, 0.5) is 22.7 Å². The highest BCUT2D eigenvalue weighted by atomic mass is 16.5. The Kier molecular flexibility index (Phi) is 8.95. The minimum atomic E-state index is -0.556. The van der Waals surface area contributed by atoms with Gasteiger partial charge in [0.25, 0.3) is 0 Å². The molecule has 6 nitrogen and oxygen atoms in total. The van der Waals surface area contributed by atoms with Crippen molar-refractivity contribution in [1.82, 2.24) is 9.55 Å². The van der Waals surface area contributed by atoms with Gasteiger partial charge in [-0.1, -0.05) is 183 Å². The molecule has 0 amide bonds. The Balaban J connectivity index is 1.01. The van der Waals surface area contributed by atoms with Crippen LogP contribution in [0.2, 0.25) is 0 Å². The molecule has 0 N–H and O–H groups in total. The molecule has 0 fully saturated rings. The highest BCUT2D eigenvalue weighted by Gasteiger charge is 2.32. The Morgan fingerprint density at radius 2 is 1.08 bits per heavy atom. The summed E-state index contributed by atoms with van der Waals surface area (Å²) < 4.78 is 104. The molecular formula is C66H62N4O2. The zero-order chi connectivity index (χ0) is 58.6. The monoisotopic (exact) mass is 953 g/mol. The summed E-state index contributed by atoms with van der Waals surface area (Å²) in [7, 11) is 0. The van der Waals surface area contributed by atoms with Crippen LogP contribution < -0.4 is 19.3 Å². The van der Waals surface area contributed by atoms with Crippen molar-refractivity contribution in [1.29, 1.82) is 0 Å². The van der Waals surface area contributed by atoms with E-state index in [0.29, 0.717) is 28.8 Å². The second-order valence-electron chi connectivity index (χ2n) is 21.4. The molecule has 6 heteroatoms. The molecule has 8 aromatic carbocycles. The third-order valence-electron chi connectivity index (χ3n) is 13.4. The predicted octanol–water partition coefficient (Wildman–Crippen LogP) is 18.2. The molecule has 0 aliphatic carbocycles. The van der Waals surface area contributed by atoms with Gasteiger partial charge in [0.1, 0.15) is 35.5 Å². The lowest BCUT2D eigenvalue weighted by Crippen LogP contribution is -2.24. The number of rotatable bonds is 9. The van der Waals surface area contributed by atoms with Crippen LogP contribution in [0.1, 0.15) is 92.7 Å². The van der Waals surface area contributed by atoms with Gasteiger partial charge in [-0.15, -0.1) is 0 Å². The summed E-state index contributed by atoms with van der Waals surface area (Å²) in [5, 5.41) is 2.08. The number of ether oxygens (including phenoxy) is 2. The number of pyridine rings is 1. The zero-order valence-corrected chi connectivity index (χ0v) is 42.1. The maximum absolute atomic E-state index is 9.10. The molecule has 0 unspecified atom stereocenters. The van der Waals surface area contributed by atoms with Gasteiger partial charge in [-0.2, -0.15) is 0 Å². The largest absolute Gasteiger partial charge is 0.457 e. The van der Waals surface area contributed by atoms with Gasteiger partial charge in [0.2, 0.25) is 0 Å². The Morgan fingerprint density at radius 3 is 1.72 bits per heavy atom. The summed E-state index contributed by atoms with van der Waals surface area (Å²) in [5.41, 5.74) is 7.45. The fourth-order valence-corrected chi connectivity index (χ4v) is 9.79. The first kappa shape index (κ1) is 35.9. The quantitative estimate of drug-likeness (QED) is 0.144. The highest BCUT2D eigenvalue weighted by Crippen LogP contribution is 2.51. The van der Waals surface area contributed by atoms with Crippen molar-refractivity contribution < 1.29 is 23.2 Å². The number of anilines is 4. The summed E-state index contributed by atoms with van der Waals surface area (Å²) in [6, 6.07) is 38.1. The van der Waals surface area contributed by atoms with Crippen LogP contribution in [-0.4, -0.2) is 16.2 Å². The van der Waals surface area contributed by atoms with E-state index in [1.165, 1.54) is 5.56 Å². The summed E-state index contributed by atoms with van der Waals surface area (Å²) in [6.45, 7) is 19.9. The number of hydrogen-bond acceptors (Lipinski definition) is 5. The van der Waals surface area contributed by atoms with Crippen LogP contribution in [-0.2, 0) is 16.2 Å². The van der Waals surface area contributed by atoms with Crippen LogP contribution in [0.5, 0.6) is 23.0 Å². The molecule has 2 aromatic heterocycles. The first-order valence-corrected chi connectivity index (χ1v) is 24.3. The molecule has 0 saturated heterocycles. The SMILES string of the molecule is [2H]c1c([2H])c([2H])c(-c2cccc(-c3c([2H])c([2H])c([2H])c([2H])c3[2H])c2N2CN(c3cccc(Oc4ccc5c6cc(C(C)(C)C)ccc6n(-c6cc(Oc7c(C(C)(C)C)cccc7C(C)(C)C)ccn6)c5c4)c3)c3ccccc32)c([2H])c1[2H]. The van der Waals surface area contributed by atoms with Gasteiger partial charge in [0.05, 0.1) is 41.8 Å². The van der Waals surface area contributed by atoms with E-state index in [2.05, 4.69) is 109 Å². The van der Waals surface area contributed by atoms with E-state index in [0.717, 1.165) is 50.1 Å². The van der Waals surface area contributed by atoms with Crippen molar-refractivity contribution in [2.24, 2.45) is 0 Å². The molecule has 1 aliphatic rings. The maximum atomic E-state index is 9.10. The molecular weight excluding hydrogens is 881 g/mol. The molecule has 1 aliphatic heterocycles. The zero-order valence-electron chi connectivity index (χ0n) is 52.1. The van der Waals surface area contributed by atoms with Crippen molar-refractivity contribution in [3.63, 3.8) is 0 Å². The van der Waals surface area contributed by atoms with Gasteiger partial charge in [-0.3, -0.25) is 4.57 Å². The van der Waals surface area contributed by atoms with Crippen LogP contribution in [0.25, 0.3) is 49.9 Å². The second kappa shape index (κ2) is 17.9. The fourth-order valence-electron chi connectivity index (χ4n) is 9.79. The van der Waals surface area contributed by atoms with E-state index in [9.17, 15) is 0 Å². The number of aromatic nitrogens is 2. The predicted molar refractivity (Wildman–Crippen MR) is 301 cm³/mol. The molecule has 0 bridgehead atoms. The molecule has 11 rings (SSSR count).